The van der Waals surface area contributed by atoms with Crippen LogP contribution in [0.2, 0.25) is 0 Å². The van der Waals surface area contributed by atoms with Crippen molar-refractivity contribution in [2.45, 2.75) is 19.3 Å². The summed E-state index contributed by atoms with van der Waals surface area (Å²) in [6, 6.07) is 25.8. The number of rotatable bonds is 6. The van der Waals surface area contributed by atoms with Crippen LogP contribution in [-0.2, 0) is 19.3 Å². The minimum absolute atomic E-state index is 0.202. The Kier molecular flexibility index (Phi) is 6.54. The Morgan fingerprint density at radius 2 is 1.36 bits per heavy atom. The molecule has 3 nitrogen and oxygen atoms in total. The van der Waals surface area contributed by atoms with Gasteiger partial charge in [0.15, 0.2) is 0 Å². The van der Waals surface area contributed by atoms with E-state index in [9.17, 15) is 18.0 Å². The Bertz CT molecular complexity index is 1190. The van der Waals surface area contributed by atoms with E-state index in [2.05, 4.69) is 4.98 Å². The molecule has 3 aromatic carbocycles. The molecular formula is C27H21F3N2O. The van der Waals surface area contributed by atoms with Gasteiger partial charge in [0.2, 0.25) is 0 Å². The van der Waals surface area contributed by atoms with Gasteiger partial charge in [-0.15, -0.1) is 0 Å². The SMILES string of the molecule is O=C(c1ccc(C(F)(F)F)cc1)N(Cc1ccc(-c2ccccc2)cc1)Cc1cccnc1. The van der Waals surface area contributed by atoms with Crippen LogP contribution in [0.5, 0.6) is 0 Å². The van der Waals surface area contributed by atoms with E-state index >= 15 is 0 Å². The molecule has 0 aliphatic carbocycles. The molecule has 0 N–H and O–H groups in total. The number of benzene rings is 3. The molecular weight excluding hydrogens is 425 g/mol. The van der Waals surface area contributed by atoms with Crippen molar-refractivity contribution in [1.29, 1.82) is 0 Å². The van der Waals surface area contributed by atoms with Gasteiger partial charge >= 0.3 is 6.18 Å². The maximum atomic E-state index is 13.2. The molecule has 33 heavy (non-hydrogen) atoms. The zero-order valence-electron chi connectivity index (χ0n) is 17.7. The lowest BCUT2D eigenvalue weighted by atomic mass is 10.0. The number of carbonyl (C=O) groups excluding carboxylic acids is 1. The molecule has 1 aromatic heterocycles. The minimum Gasteiger partial charge on any atom is -0.330 e. The van der Waals surface area contributed by atoms with E-state index < -0.39 is 11.7 Å². The number of alkyl halides is 3. The predicted molar refractivity (Wildman–Crippen MR) is 121 cm³/mol. The average Bonchev–Trinajstić information content (AvgIpc) is 2.84. The van der Waals surface area contributed by atoms with Gasteiger partial charge in [-0.3, -0.25) is 9.78 Å². The van der Waals surface area contributed by atoms with E-state index in [1.54, 1.807) is 23.4 Å². The molecule has 1 amide bonds. The second kappa shape index (κ2) is 9.69. The average molecular weight is 446 g/mol. The van der Waals surface area contributed by atoms with Gasteiger partial charge in [-0.1, -0.05) is 60.7 Å². The molecule has 0 aliphatic heterocycles. The second-order valence-corrected chi connectivity index (χ2v) is 7.66. The minimum atomic E-state index is -4.45. The summed E-state index contributed by atoms with van der Waals surface area (Å²) in [5, 5.41) is 0. The molecule has 0 radical (unpaired) electrons. The normalized spacial score (nSPS) is 11.2. The third kappa shape index (κ3) is 5.66. The number of hydrogen-bond acceptors (Lipinski definition) is 2. The van der Waals surface area contributed by atoms with E-state index in [0.717, 1.165) is 34.4 Å². The topological polar surface area (TPSA) is 33.2 Å². The molecule has 0 spiro atoms. The fourth-order valence-corrected chi connectivity index (χ4v) is 3.55. The molecule has 1 heterocycles. The number of halogens is 3. The summed E-state index contributed by atoms with van der Waals surface area (Å²) in [5.41, 5.74) is 3.32. The van der Waals surface area contributed by atoms with Crippen molar-refractivity contribution in [3.63, 3.8) is 0 Å². The summed E-state index contributed by atoms with van der Waals surface area (Å²) >= 11 is 0. The highest BCUT2D eigenvalue weighted by Gasteiger charge is 2.30. The highest BCUT2D eigenvalue weighted by atomic mass is 19.4. The summed E-state index contributed by atoms with van der Waals surface area (Å²) in [7, 11) is 0. The number of hydrogen-bond donors (Lipinski definition) is 0. The van der Waals surface area contributed by atoms with Crippen LogP contribution >= 0.6 is 0 Å². The van der Waals surface area contributed by atoms with Gasteiger partial charge in [0.25, 0.3) is 5.91 Å². The lowest BCUT2D eigenvalue weighted by molar-refractivity contribution is -0.137. The Labute approximate surface area is 190 Å². The molecule has 0 fully saturated rings. The van der Waals surface area contributed by atoms with Gasteiger partial charge in [0.05, 0.1) is 5.56 Å². The standard InChI is InChI=1S/C27H21F3N2O/c28-27(29,30)25-14-12-24(13-15-25)26(33)32(19-21-5-4-16-31-17-21)18-20-8-10-23(11-9-20)22-6-2-1-3-7-22/h1-17H,18-19H2. The summed E-state index contributed by atoms with van der Waals surface area (Å²) in [4.78, 5) is 18.9. The Hall–Kier alpha value is -3.93. The van der Waals surface area contributed by atoms with Gasteiger partial charge in [0.1, 0.15) is 0 Å². The van der Waals surface area contributed by atoms with Crippen molar-refractivity contribution in [3.8, 4) is 11.1 Å². The summed E-state index contributed by atoms with van der Waals surface area (Å²) < 4.78 is 38.7. The van der Waals surface area contributed by atoms with Crippen molar-refractivity contribution in [1.82, 2.24) is 9.88 Å². The van der Waals surface area contributed by atoms with Crippen LogP contribution in [0.15, 0.2) is 103 Å². The maximum absolute atomic E-state index is 13.2. The monoisotopic (exact) mass is 446 g/mol. The smallest absolute Gasteiger partial charge is 0.330 e. The highest BCUT2D eigenvalue weighted by Crippen LogP contribution is 2.29. The molecule has 6 heteroatoms. The zero-order chi connectivity index (χ0) is 23.3. The van der Waals surface area contributed by atoms with Crippen LogP contribution in [0, 0.1) is 0 Å². The van der Waals surface area contributed by atoms with E-state index in [0.29, 0.717) is 6.54 Å². The fraction of sp³-hybridized carbons (Fsp3) is 0.111. The second-order valence-electron chi connectivity index (χ2n) is 7.66. The number of aromatic nitrogens is 1. The highest BCUT2D eigenvalue weighted by molar-refractivity contribution is 5.94. The van der Waals surface area contributed by atoms with Crippen LogP contribution < -0.4 is 0 Å². The van der Waals surface area contributed by atoms with Crippen molar-refractivity contribution in [3.05, 3.63) is 126 Å². The number of nitrogens with zero attached hydrogens (tertiary/aromatic N) is 2. The van der Waals surface area contributed by atoms with Crippen LogP contribution in [0.3, 0.4) is 0 Å². The van der Waals surface area contributed by atoms with Crippen molar-refractivity contribution >= 4 is 5.91 Å². The van der Waals surface area contributed by atoms with E-state index in [-0.39, 0.29) is 18.0 Å². The summed E-state index contributed by atoms with van der Waals surface area (Å²) in [5.74, 6) is -0.347. The van der Waals surface area contributed by atoms with Gasteiger partial charge < -0.3 is 4.90 Å². The Balaban J connectivity index is 1.57. The Morgan fingerprint density at radius 1 is 0.727 bits per heavy atom. The van der Waals surface area contributed by atoms with Gasteiger partial charge in [-0.25, -0.2) is 0 Å². The molecule has 0 saturated heterocycles. The van der Waals surface area contributed by atoms with E-state index in [4.69, 9.17) is 0 Å². The fourth-order valence-electron chi connectivity index (χ4n) is 3.55. The molecule has 0 bridgehead atoms. The lowest BCUT2D eigenvalue weighted by Gasteiger charge is -2.23. The zero-order valence-corrected chi connectivity index (χ0v) is 17.7. The molecule has 4 rings (SSSR count). The van der Waals surface area contributed by atoms with Crippen molar-refractivity contribution in [2.75, 3.05) is 0 Å². The predicted octanol–water partition coefficient (Wildman–Crippen LogP) is 6.61. The molecule has 0 aliphatic rings. The number of pyridine rings is 1. The Morgan fingerprint density at radius 3 is 1.97 bits per heavy atom. The molecule has 4 aromatic rings. The molecule has 0 saturated carbocycles. The van der Waals surface area contributed by atoms with Gasteiger partial charge in [-0.2, -0.15) is 13.2 Å². The van der Waals surface area contributed by atoms with Crippen molar-refractivity contribution in [2.24, 2.45) is 0 Å². The van der Waals surface area contributed by atoms with Gasteiger partial charge in [-0.05, 0) is 52.6 Å². The van der Waals surface area contributed by atoms with E-state index in [1.807, 2.05) is 60.7 Å². The third-order valence-corrected chi connectivity index (χ3v) is 5.28. The first-order valence-corrected chi connectivity index (χ1v) is 10.4. The first-order valence-electron chi connectivity index (χ1n) is 10.4. The first-order chi connectivity index (χ1) is 15.9. The van der Waals surface area contributed by atoms with Crippen LogP contribution in [0.1, 0.15) is 27.0 Å². The maximum Gasteiger partial charge on any atom is 0.416 e. The van der Waals surface area contributed by atoms with Crippen LogP contribution in [0.25, 0.3) is 11.1 Å². The number of amides is 1. The molecule has 0 atom stereocenters. The number of carbonyl (C=O) groups is 1. The quantitative estimate of drug-likeness (QED) is 0.334. The molecule has 0 unspecified atom stereocenters. The van der Waals surface area contributed by atoms with Crippen LogP contribution in [-0.4, -0.2) is 15.8 Å². The third-order valence-electron chi connectivity index (χ3n) is 5.28. The molecule has 166 valence electrons. The summed E-state index contributed by atoms with van der Waals surface area (Å²) in [6.07, 6.45) is -1.13. The van der Waals surface area contributed by atoms with Crippen LogP contribution in [0.4, 0.5) is 13.2 Å². The lowest BCUT2D eigenvalue weighted by Crippen LogP contribution is -2.30. The van der Waals surface area contributed by atoms with Gasteiger partial charge in [0, 0.05) is 31.0 Å². The van der Waals surface area contributed by atoms with E-state index in [1.165, 1.54) is 12.1 Å². The summed E-state index contributed by atoms with van der Waals surface area (Å²) in [6.45, 7) is 0.595. The largest absolute Gasteiger partial charge is 0.416 e. The first kappa shape index (κ1) is 22.3. The van der Waals surface area contributed by atoms with Crippen molar-refractivity contribution < 1.29 is 18.0 Å².